The Hall–Kier alpha value is -2.79. The van der Waals surface area contributed by atoms with Crippen LogP contribution in [0.3, 0.4) is 0 Å². The first-order valence-corrected chi connectivity index (χ1v) is 10.5. The second kappa shape index (κ2) is 7.23. The average molecular weight is 389 g/mol. The van der Waals surface area contributed by atoms with E-state index in [0.717, 1.165) is 55.6 Å². The van der Waals surface area contributed by atoms with Gasteiger partial charge in [0, 0.05) is 50.3 Å². The van der Waals surface area contributed by atoms with Crippen LogP contribution in [0.4, 0.5) is 17.1 Å². The van der Waals surface area contributed by atoms with Gasteiger partial charge in [0.2, 0.25) is 0 Å². The standard InChI is InChI=1S/C24H27N3O2/c1-17-16-19-20(25(2)24(17)28)8-5-9-21(19)27-13-12-26(18-10-14-29-15-11-18)22-6-3-4-7-23(22)27/h3-9,16,18H,10-15H2,1-2H3. The molecular formula is C24H27N3O2. The maximum Gasteiger partial charge on any atom is 0.253 e. The van der Waals surface area contributed by atoms with E-state index in [9.17, 15) is 4.79 Å². The summed E-state index contributed by atoms with van der Waals surface area (Å²) in [7, 11) is 1.86. The molecule has 3 aromatic rings. The van der Waals surface area contributed by atoms with E-state index in [2.05, 4.69) is 46.2 Å². The van der Waals surface area contributed by atoms with Gasteiger partial charge >= 0.3 is 0 Å². The highest BCUT2D eigenvalue weighted by molar-refractivity contribution is 5.96. The molecule has 0 saturated carbocycles. The minimum atomic E-state index is 0.0689. The van der Waals surface area contributed by atoms with E-state index in [1.165, 1.54) is 17.1 Å². The summed E-state index contributed by atoms with van der Waals surface area (Å²) in [5, 5.41) is 1.13. The van der Waals surface area contributed by atoms with Crippen LogP contribution in [0.25, 0.3) is 10.9 Å². The zero-order valence-electron chi connectivity index (χ0n) is 17.1. The molecule has 0 aliphatic carbocycles. The van der Waals surface area contributed by atoms with Gasteiger partial charge in [0.25, 0.3) is 5.56 Å². The number of hydrogen-bond acceptors (Lipinski definition) is 4. The van der Waals surface area contributed by atoms with Gasteiger partial charge in [-0.25, -0.2) is 0 Å². The molecule has 1 saturated heterocycles. The largest absolute Gasteiger partial charge is 0.381 e. The summed E-state index contributed by atoms with van der Waals surface area (Å²) < 4.78 is 7.35. The van der Waals surface area contributed by atoms with Crippen LogP contribution in [0.1, 0.15) is 18.4 Å². The fourth-order valence-corrected chi connectivity index (χ4v) is 4.88. The molecule has 1 aromatic heterocycles. The van der Waals surface area contributed by atoms with E-state index in [0.29, 0.717) is 6.04 Å². The second-order valence-corrected chi connectivity index (χ2v) is 8.08. The zero-order chi connectivity index (χ0) is 20.0. The molecule has 0 atom stereocenters. The first-order chi connectivity index (χ1) is 14.1. The van der Waals surface area contributed by atoms with Gasteiger partial charge in [0.15, 0.2) is 0 Å². The number of ether oxygens (including phenoxy) is 1. The van der Waals surface area contributed by atoms with Crippen molar-refractivity contribution >= 4 is 28.0 Å². The molecule has 5 heteroatoms. The molecule has 0 spiro atoms. The Kier molecular flexibility index (Phi) is 4.55. The predicted molar refractivity (Wildman–Crippen MR) is 119 cm³/mol. The van der Waals surface area contributed by atoms with Crippen LogP contribution in [-0.2, 0) is 11.8 Å². The third kappa shape index (κ3) is 3.01. The van der Waals surface area contributed by atoms with E-state index >= 15 is 0 Å². The Morgan fingerprint density at radius 1 is 0.931 bits per heavy atom. The molecule has 5 rings (SSSR count). The Bertz CT molecular complexity index is 1110. The van der Waals surface area contributed by atoms with Gasteiger partial charge in [-0.15, -0.1) is 0 Å². The SMILES string of the molecule is Cc1cc2c(N3CCN(C4CCOCC4)c4ccccc43)cccc2n(C)c1=O. The Morgan fingerprint density at radius 2 is 1.66 bits per heavy atom. The Balaban J connectivity index is 1.63. The van der Waals surface area contributed by atoms with E-state index in [4.69, 9.17) is 4.74 Å². The lowest BCUT2D eigenvalue weighted by atomic mass is 10.0. The molecule has 150 valence electrons. The van der Waals surface area contributed by atoms with E-state index < -0.39 is 0 Å². The minimum Gasteiger partial charge on any atom is -0.381 e. The van der Waals surface area contributed by atoms with Crippen LogP contribution >= 0.6 is 0 Å². The summed E-state index contributed by atoms with van der Waals surface area (Å²) in [6.07, 6.45) is 2.17. The molecule has 0 amide bonds. The van der Waals surface area contributed by atoms with Crippen molar-refractivity contribution in [1.82, 2.24) is 4.57 Å². The molecule has 29 heavy (non-hydrogen) atoms. The van der Waals surface area contributed by atoms with Crippen molar-refractivity contribution in [1.29, 1.82) is 0 Å². The highest BCUT2D eigenvalue weighted by Crippen LogP contribution is 2.41. The van der Waals surface area contributed by atoms with Crippen LogP contribution in [-0.4, -0.2) is 36.9 Å². The second-order valence-electron chi connectivity index (χ2n) is 8.08. The van der Waals surface area contributed by atoms with Crippen LogP contribution in [0.5, 0.6) is 0 Å². The summed E-state index contributed by atoms with van der Waals surface area (Å²) in [5.74, 6) is 0. The zero-order valence-corrected chi connectivity index (χ0v) is 17.1. The number of para-hydroxylation sites is 2. The normalized spacial score (nSPS) is 17.6. The number of fused-ring (bicyclic) bond motifs is 2. The van der Waals surface area contributed by atoms with Crippen LogP contribution in [0.15, 0.2) is 53.3 Å². The molecule has 3 heterocycles. The van der Waals surface area contributed by atoms with Gasteiger partial charge in [-0.3, -0.25) is 4.79 Å². The topological polar surface area (TPSA) is 37.7 Å². The Morgan fingerprint density at radius 3 is 2.45 bits per heavy atom. The lowest BCUT2D eigenvalue weighted by Crippen LogP contribution is -2.46. The maximum atomic E-state index is 12.4. The summed E-state index contributed by atoms with van der Waals surface area (Å²) >= 11 is 0. The third-order valence-corrected chi connectivity index (χ3v) is 6.39. The number of pyridine rings is 1. The van der Waals surface area contributed by atoms with E-state index in [1.807, 2.05) is 26.1 Å². The van der Waals surface area contributed by atoms with Crippen molar-refractivity contribution < 1.29 is 4.74 Å². The van der Waals surface area contributed by atoms with Crippen molar-refractivity contribution in [2.45, 2.75) is 25.8 Å². The lowest BCUT2D eigenvalue weighted by Gasteiger charge is -2.44. The van der Waals surface area contributed by atoms with E-state index in [1.54, 1.807) is 4.57 Å². The first-order valence-electron chi connectivity index (χ1n) is 10.5. The number of benzene rings is 2. The quantitative estimate of drug-likeness (QED) is 0.664. The molecule has 1 fully saturated rings. The monoisotopic (exact) mass is 389 g/mol. The summed E-state index contributed by atoms with van der Waals surface area (Å²) in [5.41, 5.74) is 5.53. The van der Waals surface area contributed by atoms with Crippen LogP contribution < -0.4 is 15.4 Å². The molecule has 0 unspecified atom stereocenters. The molecule has 2 aromatic carbocycles. The number of hydrogen-bond donors (Lipinski definition) is 0. The third-order valence-electron chi connectivity index (χ3n) is 6.39. The highest BCUT2D eigenvalue weighted by atomic mass is 16.5. The predicted octanol–water partition coefficient (Wildman–Crippen LogP) is 3.98. The summed E-state index contributed by atoms with van der Waals surface area (Å²) in [4.78, 5) is 17.4. The van der Waals surface area contributed by atoms with Crippen LogP contribution in [0.2, 0.25) is 0 Å². The van der Waals surface area contributed by atoms with Gasteiger partial charge in [0.1, 0.15) is 0 Å². The smallest absolute Gasteiger partial charge is 0.253 e. The summed E-state index contributed by atoms with van der Waals surface area (Å²) in [6.45, 7) is 5.52. The lowest BCUT2D eigenvalue weighted by molar-refractivity contribution is 0.0844. The minimum absolute atomic E-state index is 0.0689. The van der Waals surface area contributed by atoms with Crippen molar-refractivity contribution in [3.63, 3.8) is 0 Å². The van der Waals surface area contributed by atoms with Gasteiger partial charge in [-0.2, -0.15) is 0 Å². The van der Waals surface area contributed by atoms with E-state index in [-0.39, 0.29) is 5.56 Å². The van der Waals surface area contributed by atoms with Crippen molar-refractivity contribution in [2.24, 2.45) is 7.05 Å². The Labute approximate surface area is 171 Å². The average Bonchev–Trinajstić information content (AvgIpc) is 2.77. The number of aryl methyl sites for hydroxylation is 2. The number of rotatable bonds is 2. The van der Waals surface area contributed by atoms with Gasteiger partial charge < -0.3 is 19.1 Å². The highest BCUT2D eigenvalue weighted by Gasteiger charge is 2.30. The molecule has 2 aliphatic rings. The molecular weight excluding hydrogens is 362 g/mol. The van der Waals surface area contributed by atoms with Crippen molar-refractivity contribution in [3.8, 4) is 0 Å². The molecule has 2 aliphatic heterocycles. The molecule has 5 nitrogen and oxygen atoms in total. The molecule has 0 N–H and O–H groups in total. The number of nitrogens with zero attached hydrogens (tertiary/aromatic N) is 3. The fourth-order valence-electron chi connectivity index (χ4n) is 4.88. The van der Waals surface area contributed by atoms with Gasteiger partial charge in [0.05, 0.1) is 22.6 Å². The fraction of sp³-hybridized carbons (Fsp3) is 0.375. The molecule has 0 radical (unpaired) electrons. The number of anilines is 3. The van der Waals surface area contributed by atoms with Gasteiger partial charge in [-0.1, -0.05) is 18.2 Å². The van der Waals surface area contributed by atoms with Crippen molar-refractivity contribution in [3.05, 3.63) is 64.4 Å². The van der Waals surface area contributed by atoms with Crippen molar-refractivity contribution in [2.75, 3.05) is 36.1 Å². The maximum absolute atomic E-state index is 12.4. The molecule has 0 bridgehead atoms. The van der Waals surface area contributed by atoms with Crippen LogP contribution in [0, 0.1) is 6.92 Å². The number of aromatic nitrogens is 1. The first kappa shape index (κ1) is 18.3. The van der Waals surface area contributed by atoms with Gasteiger partial charge in [-0.05, 0) is 50.1 Å². The summed E-state index contributed by atoms with van der Waals surface area (Å²) in [6, 6.07) is 17.6.